The van der Waals surface area contributed by atoms with Crippen LogP contribution in [0, 0.1) is 5.82 Å². The Morgan fingerprint density at radius 1 is 1.39 bits per heavy atom. The van der Waals surface area contributed by atoms with Gasteiger partial charge in [0.2, 0.25) is 0 Å². The second-order valence-electron chi connectivity index (χ2n) is 4.90. The number of rotatable bonds is 3. The van der Waals surface area contributed by atoms with Crippen LogP contribution in [-0.4, -0.2) is 16.2 Å². The van der Waals surface area contributed by atoms with Crippen LogP contribution in [0.1, 0.15) is 43.7 Å². The third-order valence-corrected chi connectivity index (χ3v) is 3.94. The number of benzene rings is 1. The number of phenolic OH excluding ortho intramolecular Hbond substituents is 1. The van der Waals surface area contributed by atoms with Crippen molar-refractivity contribution >= 4 is 5.97 Å². The molecule has 0 aromatic heterocycles. The van der Waals surface area contributed by atoms with Gasteiger partial charge in [-0.1, -0.05) is 19.8 Å². The standard InChI is InChI=1S/C14H17FO3/c1-2-10-11(15)7-9(8-12(10)16)14(13(17)18)5-3-4-6-14/h7-8,16H,2-6H2,1H3,(H,17,18). The Kier molecular flexibility index (Phi) is 3.28. The van der Waals surface area contributed by atoms with Gasteiger partial charge in [-0.15, -0.1) is 0 Å². The summed E-state index contributed by atoms with van der Waals surface area (Å²) in [6.07, 6.45) is 3.05. The Balaban J connectivity index is 2.53. The van der Waals surface area contributed by atoms with Crippen LogP contribution in [0.5, 0.6) is 5.75 Å². The largest absolute Gasteiger partial charge is 0.508 e. The molecule has 1 aromatic rings. The van der Waals surface area contributed by atoms with Crippen molar-refractivity contribution in [2.24, 2.45) is 0 Å². The molecule has 0 saturated heterocycles. The lowest BCUT2D eigenvalue weighted by atomic mass is 9.78. The Morgan fingerprint density at radius 2 is 2.00 bits per heavy atom. The molecule has 1 aromatic carbocycles. The molecule has 0 spiro atoms. The van der Waals surface area contributed by atoms with Gasteiger partial charge in [-0.25, -0.2) is 4.39 Å². The zero-order valence-electron chi connectivity index (χ0n) is 10.4. The van der Waals surface area contributed by atoms with E-state index in [2.05, 4.69) is 0 Å². The molecule has 1 aliphatic rings. The first-order valence-corrected chi connectivity index (χ1v) is 6.26. The Hall–Kier alpha value is -1.58. The molecular formula is C14H17FO3. The lowest BCUT2D eigenvalue weighted by molar-refractivity contribution is -0.143. The molecular weight excluding hydrogens is 235 g/mol. The monoisotopic (exact) mass is 252 g/mol. The summed E-state index contributed by atoms with van der Waals surface area (Å²) in [5.74, 6) is -1.58. The highest BCUT2D eigenvalue weighted by atomic mass is 19.1. The molecule has 1 fully saturated rings. The van der Waals surface area contributed by atoms with E-state index in [4.69, 9.17) is 0 Å². The van der Waals surface area contributed by atoms with E-state index in [1.807, 2.05) is 0 Å². The maximum Gasteiger partial charge on any atom is 0.314 e. The molecule has 1 aliphatic carbocycles. The Labute approximate surface area is 105 Å². The number of aromatic hydroxyl groups is 1. The van der Waals surface area contributed by atoms with Crippen LogP contribution in [-0.2, 0) is 16.6 Å². The van der Waals surface area contributed by atoms with E-state index in [0.717, 1.165) is 12.8 Å². The topological polar surface area (TPSA) is 57.5 Å². The quantitative estimate of drug-likeness (QED) is 0.869. The maximum absolute atomic E-state index is 13.8. The van der Waals surface area contributed by atoms with E-state index in [1.165, 1.54) is 12.1 Å². The van der Waals surface area contributed by atoms with Crippen molar-refractivity contribution in [1.29, 1.82) is 0 Å². The van der Waals surface area contributed by atoms with Gasteiger partial charge < -0.3 is 10.2 Å². The van der Waals surface area contributed by atoms with Crippen LogP contribution in [0.2, 0.25) is 0 Å². The smallest absolute Gasteiger partial charge is 0.314 e. The second kappa shape index (κ2) is 4.59. The number of carboxylic acid groups (broad SMARTS) is 1. The molecule has 0 radical (unpaired) electrons. The first-order valence-electron chi connectivity index (χ1n) is 6.26. The van der Waals surface area contributed by atoms with Gasteiger partial charge in [0, 0.05) is 5.56 Å². The van der Waals surface area contributed by atoms with Gasteiger partial charge in [-0.3, -0.25) is 4.79 Å². The molecule has 0 bridgehead atoms. The molecule has 0 atom stereocenters. The first-order chi connectivity index (χ1) is 8.51. The highest BCUT2D eigenvalue weighted by Gasteiger charge is 2.43. The molecule has 18 heavy (non-hydrogen) atoms. The predicted octanol–water partition coefficient (Wildman–Crippen LogP) is 2.99. The second-order valence-corrected chi connectivity index (χ2v) is 4.90. The third-order valence-electron chi connectivity index (χ3n) is 3.94. The van der Waals surface area contributed by atoms with Crippen LogP contribution in [0.3, 0.4) is 0 Å². The van der Waals surface area contributed by atoms with Crippen molar-refractivity contribution < 1.29 is 19.4 Å². The molecule has 2 rings (SSSR count). The van der Waals surface area contributed by atoms with Gasteiger partial charge in [0.1, 0.15) is 11.6 Å². The average molecular weight is 252 g/mol. The van der Waals surface area contributed by atoms with E-state index >= 15 is 0 Å². The summed E-state index contributed by atoms with van der Waals surface area (Å²) in [6.45, 7) is 1.75. The lowest BCUT2D eigenvalue weighted by Gasteiger charge is -2.25. The van der Waals surface area contributed by atoms with Crippen molar-refractivity contribution in [3.8, 4) is 5.75 Å². The minimum atomic E-state index is -1.02. The third kappa shape index (κ3) is 1.85. The summed E-state index contributed by atoms with van der Waals surface area (Å²) in [6, 6.07) is 2.69. The van der Waals surface area contributed by atoms with Crippen molar-refractivity contribution in [3.63, 3.8) is 0 Å². The van der Waals surface area contributed by atoms with Crippen molar-refractivity contribution in [1.82, 2.24) is 0 Å². The van der Waals surface area contributed by atoms with Crippen LogP contribution >= 0.6 is 0 Å². The summed E-state index contributed by atoms with van der Waals surface area (Å²) >= 11 is 0. The normalized spacial score (nSPS) is 17.9. The van der Waals surface area contributed by atoms with Gasteiger partial charge >= 0.3 is 5.97 Å². The predicted molar refractivity (Wildman–Crippen MR) is 65.2 cm³/mol. The summed E-state index contributed by atoms with van der Waals surface area (Å²) in [5, 5.41) is 19.2. The van der Waals surface area contributed by atoms with Gasteiger partial charge in [0.15, 0.2) is 0 Å². The Bertz CT molecular complexity index is 453. The maximum atomic E-state index is 13.8. The number of phenols is 1. The van der Waals surface area contributed by atoms with E-state index in [9.17, 15) is 19.4 Å². The number of halogens is 1. The molecule has 98 valence electrons. The number of aliphatic carboxylic acids is 1. The van der Waals surface area contributed by atoms with Crippen molar-refractivity contribution in [2.45, 2.75) is 44.4 Å². The summed E-state index contributed by atoms with van der Waals surface area (Å²) in [7, 11) is 0. The van der Waals surface area contributed by atoms with E-state index in [0.29, 0.717) is 24.8 Å². The number of hydrogen-bond donors (Lipinski definition) is 2. The summed E-state index contributed by atoms with van der Waals surface area (Å²) < 4.78 is 13.8. The zero-order chi connectivity index (χ0) is 13.3. The van der Waals surface area contributed by atoms with Gasteiger partial charge in [0.25, 0.3) is 0 Å². The fourth-order valence-corrected chi connectivity index (χ4v) is 2.85. The highest BCUT2D eigenvalue weighted by molar-refractivity contribution is 5.82. The molecule has 0 unspecified atom stereocenters. The van der Waals surface area contributed by atoms with Gasteiger partial charge in [-0.2, -0.15) is 0 Å². The number of hydrogen-bond acceptors (Lipinski definition) is 2. The fraction of sp³-hybridized carbons (Fsp3) is 0.500. The molecule has 0 aliphatic heterocycles. The molecule has 4 heteroatoms. The lowest BCUT2D eigenvalue weighted by Crippen LogP contribution is -2.32. The fourth-order valence-electron chi connectivity index (χ4n) is 2.85. The van der Waals surface area contributed by atoms with E-state index in [1.54, 1.807) is 6.92 Å². The minimum absolute atomic E-state index is 0.139. The summed E-state index contributed by atoms with van der Waals surface area (Å²) in [4.78, 5) is 11.5. The highest BCUT2D eigenvalue weighted by Crippen LogP contribution is 2.43. The van der Waals surface area contributed by atoms with Crippen molar-refractivity contribution in [2.75, 3.05) is 0 Å². The summed E-state index contributed by atoms with van der Waals surface area (Å²) in [5.41, 5.74) is -0.387. The Morgan fingerprint density at radius 3 is 2.44 bits per heavy atom. The molecule has 3 nitrogen and oxygen atoms in total. The van der Waals surface area contributed by atoms with Crippen LogP contribution < -0.4 is 0 Å². The molecule has 1 saturated carbocycles. The minimum Gasteiger partial charge on any atom is -0.508 e. The molecule has 0 heterocycles. The van der Waals surface area contributed by atoms with Crippen LogP contribution in [0.15, 0.2) is 12.1 Å². The number of carbonyl (C=O) groups is 1. The van der Waals surface area contributed by atoms with E-state index < -0.39 is 17.2 Å². The van der Waals surface area contributed by atoms with Crippen LogP contribution in [0.25, 0.3) is 0 Å². The van der Waals surface area contributed by atoms with Crippen molar-refractivity contribution in [3.05, 3.63) is 29.1 Å². The number of carboxylic acids is 1. The van der Waals surface area contributed by atoms with Gasteiger partial charge in [-0.05, 0) is 37.0 Å². The average Bonchev–Trinajstić information content (AvgIpc) is 2.78. The zero-order valence-corrected chi connectivity index (χ0v) is 10.4. The first kappa shape index (κ1) is 12.9. The van der Waals surface area contributed by atoms with Gasteiger partial charge in [0.05, 0.1) is 5.41 Å². The molecule has 0 amide bonds. The van der Waals surface area contributed by atoms with E-state index in [-0.39, 0.29) is 11.3 Å². The SMILES string of the molecule is CCc1c(O)cc(C2(C(=O)O)CCCC2)cc1F. The molecule has 2 N–H and O–H groups in total. The van der Waals surface area contributed by atoms with Crippen LogP contribution in [0.4, 0.5) is 4.39 Å².